The number of rotatable bonds is 10. The normalized spacial score (nSPS) is 9.48. The van der Waals surface area contributed by atoms with Gasteiger partial charge in [0.15, 0.2) is 37.9 Å². The van der Waals surface area contributed by atoms with E-state index in [0.717, 1.165) is 11.1 Å². The van der Waals surface area contributed by atoms with E-state index in [9.17, 15) is 10.2 Å². The Morgan fingerprint density at radius 2 is 0.913 bits per heavy atom. The Morgan fingerprint density at radius 1 is 0.652 bits per heavy atom. The Balaban J connectivity index is -0.000000136. The van der Waals surface area contributed by atoms with Crippen molar-refractivity contribution in [1.29, 1.82) is 0 Å². The van der Waals surface area contributed by atoms with Crippen LogP contribution in [0.25, 0.3) is 0 Å². The molecule has 0 aliphatic carbocycles. The largest absolute Gasteiger partial charge is 0.870 e. The molecular weight excluding hydrogens is 1010 g/mol. The molecule has 3 radical (unpaired) electrons. The third-order valence-corrected chi connectivity index (χ3v) is 4.21. The molecule has 2 heterocycles. The molecular formula is C22H38La3N4O17+2. The van der Waals surface area contributed by atoms with Gasteiger partial charge in [-0.1, -0.05) is 0 Å². The predicted molar refractivity (Wildman–Crippen MR) is 132 cm³/mol. The Hall–Kier alpha value is -1.26. The molecule has 2 aromatic heterocycles. The summed E-state index contributed by atoms with van der Waals surface area (Å²) in [5.41, 5.74) is 1.75. The predicted octanol–water partition coefficient (Wildman–Crippen LogP) is -5.16. The fourth-order valence-corrected chi connectivity index (χ4v) is 2.88. The summed E-state index contributed by atoms with van der Waals surface area (Å²) in [6.07, 6.45) is 3.64. The van der Waals surface area contributed by atoms with Gasteiger partial charge in [0.05, 0.1) is 11.1 Å². The minimum atomic E-state index is -1.65. The van der Waals surface area contributed by atoms with Gasteiger partial charge in [-0.3, -0.25) is 0 Å². The van der Waals surface area contributed by atoms with Crippen molar-refractivity contribution in [2.45, 2.75) is 38.9 Å². The van der Waals surface area contributed by atoms with Gasteiger partial charge in [0.1, 0.15) is 34.5 Å². The Bertz CT molecular complexity index is 1060. The molecule has 2 unspecified atom stereocenters. The molecule has 3 aromatic rings. The van der Waals surface area contributed by atoms with E-state index in [-0.39, 0.29) is 147 Å². The third-order valence-electron chi connectivity index (χ3n) is 4.21. The van der Waals surface area contributed by atoms with Gasteiger partial charge in [-0.15, -0.1) is 0 Å². The summed E-state index contributed by atoms with van der Waals surface area (Å²) >= 11 is 0. The number of aromatic nitrogens is 2. The fourth-order valence-electron chi connectivity index (χ4n) is 2.88. The maximum absolute atomic E-state index is 10.9. The summed E-state index contributed by atoms with van der Waals surface area (Å²) in [4.78, 5) is 16.9. The van der Waals surface area contributed by atoms with E-state index in [4.69, 9.17) is 50.3 Å². The minimum absolute atomic E-state index is 0. The second-order valence-corrected chi connectivity index (χ2v) is 7.28. The molecule has 16 N–H and O–H groups in total. The quantitative estimate of drug-likeness (QED) is 0.0479. The molecule has 0 aliphatic heterocycles. The van der Waals surface area contributed by atoms with Crippen LogP contribution in [0.15, 0.2) is 73.3 Å². The number of aliphatic hydroxyl groups excluding tert-OH is 2. The third kappa shape index (κ3) is 34.1. The molecule has 21 nitrogen and oxygen atoms in total. The number of hydrogen-bond donors (Lipinski definition) is 6. The first-order valence-electron chi connectivity index (χ1n) is 10.6. The number of benzene rings is 1. The first kappa shape index (κ1) is 63.4. The van der Waals surface area contributed by atoms with Crippen LogP contribution in [0.2, 0.25) is 0 Å². The summed E-state index contributed by atoms with van der Waals surface area (Å²) in [5.74, 6) is 1.34. The average Bonchev–Trinajstić information content (AvgIpc) is 2.81. The maximum Gasteiger partial charge on any atom is 0.472 e. The van der Waals surface area contributed by atoms with Crippen molar-refractivity contribution >= 4 is 0 Å². The fraction of sp³-hybridized carbons (Fsp3) is 0.273. The van der Waals surface area contributed by atoms with Crippen molar-refractivity contribution in [3.63, 3.8) is 0 Å². The minimum Gasteiger partial charge on any atom is -0.870 e. The van der Waals surface area contributed by atoms with E-state index < -0.39 is 22.8 Å². The monoisotopic (exact) mass is 1050 g/mol. The second-order valence-electron chi connectivity index (χ2n) is 7.28. The van der Waals surface area contributed by atoms with Crippen LogP contribution in [0.1, 0.15) is 11.1 Å². The SMILES string of the molecule is O.O=[N+](O)O.O=[N+](O)O.[La].[La].[La].[O-]C(O)C[n+]1cccc(COc2ccc(OCc3ccc[n+](CC([O-])O)c3)cc2)c1.[OH-].[OH-].[OH3+].[OH3+]. The van der Waals surface area contributed by atoms with Crippen molar-refractivity contribution < 1.29 is 204 Å². The number of hydrogen-bond acceptors (Lipinski definition) is 10. The molecule has 2 atom stereocenters. The van der Waals surface area contributed by atoms with Crippen LogP contribution in [0.3, 0.4) is 0 Å². The van der Waals surface area contributed by atoms with E-state index in [1.165, 1.54) is 0 Å². The van der Waals surface area contributed by atoms with Gasteiger partial charge in [0.2, 0.25) is 0 Å². The Morgan fingerprint density at radius 3 is 1.15 bits per heavy atom. The van der Waals surface area contributed by atoms with Crippen molar-refractivity contribution in [3.05, 3.63) is 94.3 Å². The summed E-state index contributed by atoms with van der Waals surface area (Å²) in [6, 6.07) is 14.5. The average molecular weight is 1050 g/mol. The molecule has 0 amide bonds. The summed E-state index contributed by atoms with van der Waals surface area (Å²) in [5, 5.41) is 64.7. The first-order chi connectivity index (χ1) is 17.9. The molecule has 0 saturated carbocycles. The molecule has 0 spiro atoms. The van der Waals surface area contributed by atoms with Gasteiger partial charge in [-0.25, -0.2) is 30.0 Å². The van der Waals surface area contributed by atoms with Gasteiger partial charge in [0, 0.05) is 132 Å². The standard InChI is InChI=1S/C22H24N2O6.3La.2H2NO3.5H2O/c25-21(26)13-23-9-1-3-17(11-23)15-29-19-5-7-20(8-6-19)30-16-18-4-2-10-24(12-18)14-22(27)28;;;;2*2-1(3)4;;;;;/h1-12,21-22,25,27H,13-16H2;;;;2*(H2,2,3,4);5*1H2/q;;;;2*+1;;;;;. The smallest absolute Gasteiger partial charge is 0.472 e. The van der Waals surface area contributed by atoms with Gasteiger partial charge in [-0.2, -0.15) is 0 Å². The van der Waals surface area contributed by atoms with Gasteiger partial charge >= 0.3 is 10.2 Å². The van der Waals surface area contributed by atoms with Gasteiger partial charge in [0.25, 0.3) is 0 Å². The molecule has 3 rings (SSSR count). The Labute approximate surface area is 345 Å². The second kappa shape index (κ2) is 36.6. The number of pyridine rings is 2. The van der Waals surface area contributed by atoms with E-state index in [0.29, 0.717) is 24.7 Å². The van der Waals surface area contributed by atoms with Crippen molar-refractivity contribution in [1.82, 2.24) is 0 Å². The van der Waals surface area contributed by atoms with Crippen LogP contribution in [0, 0.1) is 117 Å². The van der Waals surface area contributed by atoms with E-state index in [2.05, 4.69) is 0 Å². The van der Waals surface area contributed by atoms with Gasteiger partial charge in [-0.05, 0) is 36.4 Å². The van der Waals surface area contributed by atoms with Crippen molar-refractivity contribution in [2.24, 2.45) is 0 Å². The zero-order valence-corrected chi connectivity index (χ0v) is 35.0. The molecule has 255 valence electrons. The van der Waals surface area contributed by atoms with Crippen molar-refractivity contribution in [2.75, 3.05) is 0 Å². The van der Waals surface area contributed by atoms with Crippen LogP contribution in [0.4, 0.5) is 0 Å². The number of aliphatic hydroxyl groups is 2. The first-order valence-corrected chi connectivity index (χ1v) is 10.6. The molecule has 24 heteroatoms. The molecule has 46 heavy (non-hydrogen) atoms. The molecule has 0 saturated heterocycles. The summed E-state index contributed by atoms with van der Waals surface area (Å²) in [7, 11) is 0. The number of nitrogens with zero attached hydrogens (tertiary/aromatic N) is 4. The van der Waals surface area contributed by atoms with Crippen LogP contribution in [-0.4, -0.2) is 70.2 Å². The topological polar surface area (TPSA) is 391 Å². The Kier molecular flexibility index (Phi) is 50.4. The van der Waals surface area contributed by atoms with Crippen LogP contribution in [-0.2, 0) is 37.3 Å². The summed E-state index contributed by atoms with van der Waals surface area (Å²) < 4.78 is 14.8. The molecule has 0 bridgehead atoms. The molecule has 0 aliphatic rings. The van der Waals surface area contributed by atoms with Crippen LogP contribution < -0.4 is 28.8 Å². The molecule has 1 aromatic carbocycles. The molecule has 0 fully saturated rings. The summed E-state index contributed by atoms with van der Waals surface area (Å²) in [6.45, 7) is 0.620. The zero-order valence-electron chi connectivity index (χ0n) is 24.1. The van der Waals surface area contributed by atoms with E-state index >= 15 is 0 Å². The van der Waals surface area contributed by atoms with E-state index in [1.54, 1.807) is 70.3 Å². The van der Waals surface area contributed by atoms with Gasteiger partial charge < -0.3 is 57.3 Å². The maximum atomic E-state index is 10.9. The van der Waals surface area contributed by atoms with Crippen molar-refractivity contribution in [3.8, 4) is 11.5 Å². The van der Waals surface area contributed by atoms with Crippen LogP contribution >= 0.6 is 0 Å². The zero-order chi connectivity index (χ0) is 28.5. The van der Waals surface area contributed by atoms with Crippen LogP contribution in [0.5, 0.6) is 11.5 Å². The number of ether oxygens (including phenoxy) is 2. The van der Waals surface area contributed by atoms with E-state index in [1.807, 2.05) is 12.1 Å².